The molecule has 1 rings (SSSR count). The summed E-state index contributed by atoms with van der Waals surface area (Å²) in [5.41, 5.74) is 1.19. The van der Waals surface area contributed by atoms with Gasteiger partial charge in [-0.2, -0.15) is 11.8 Å². The fourth-order valence-corrected chi connectivity index (χ4v) is 1.57. The molecule has 16 heavy (non-hydrogen) atoms. The highest BCUT2D eigenvalue weighted by Gasteiger charge is 1.98. The van der Waals surface area contributed by atoms with Gasteiger partial charge >= 0.3 is 0 Å². The van der Waals surface area contributed by atoms with Crippen molar-refractivity contribution in [3.63, 3.8) is 0 Å². The van der Waals surface area contributed by atoms with Crippen molar-refractivity contribution < 1.29 is 9.53 Å². The average Bonchev–Trinajstić information content (AvgIpc) is 2.28. The van der Waals surface area contributed by atoms with Crippen LogP contribution in [0.2, 0.25) is 0 Å². The minimum Gasteiger partial charge on any atom is -0.493 e. The molecule has 0 spiro atoms. The summed E-state index contributed by atoms with van der Waals surface area (Å²) in [7, 11) is 0. The number of Topliss-reactive ketones (excluding diaryl/α,β-unsaturated/α-hetero) is 1. The summed E-state index contributed by atoms with van der Waals surface area (Å²) in [6.45, 7) is 2.37. The molecule has 0 saturated carbocycles. The van der Waals surface area contributed by atoms with Gasteiger partial charge in [0.05, 0.1) is 6.61 Å². The summed E-state index contributed by atoms with van der Waals surface area (Å²) in [5, 5.41) is 0. The largest absolute Gasteiger partial charge is 0.493 e. The van der Waals surface area contributed by atoms with Crippen LogP contribution in [-0.4, -0.2) is 24.4 Å². The maximum Gasteiger partial charge on any atom is 0.130 e. The van der Waals surface area contributed by atoms with Crippen LogP contribution in [0.15, 0.2) is 24.3 Å². The van der Waals surface area contributed by atoms with Gasteiger partial charge in [-0.25, -0.2) is 0 Å². The lowest BCUT2D eigenvalue weighted by Crippen LogP contribution is -1.99. The van der Waals surface area contributed by atoms with Crippen molar-refractivity contribution >= 4 is 17.5 Å². The lowest BCUT2D eigenvalue weighted by molar-refractivity contribution is -0.116. The second-order valence-corrected chi connectivity index (χ2v) is 4.67. The summed E-state index contributed by atoms with van der Waals surface area (Å²) in [6.07, 6.45) is 3.50. The summed E-state index contributed by atoms with van der Waals surface area (Å²) < 4.78 is 5.54. The summed E-state index contributed by atoms with van der Waals surface area (Å²) in [6, 6.07) is 7.99. The molecule has 0 aliphatic rings. The number of carbonyl (C=O) groups excluding carboxylic acids is 1. The first-order valence-corrected chi connectivity index (χ1v) is 6.82. The SMILES string of the molecule is CSCCOc1ccc(CCC(C)=O)cc1. The molecule has 3 heteroatoms. The van der Waals surface area contributed by atoms with Crippen LogP contribution >= 0.6 is 11.8 Å². The smallest absolute Gasteiger partial charge is 0.130 e. The van der Waals surface area contributed by atoms with Gasteiger partial charge in [0.2, 0.25) is 0 Å². The highest BCUT2D eigenvalue weighted by Crippen LogP contribution is 2.13. The van der Waals surface area contributed by atoms with Crippen LogP contribution in [0.3, 0.4) is 0 Å². The van der Waals surface area contributed by atoms with E-state index in [9.17, 15) is 4.79 Å². The van der Waals surface area contributed by atoms with Crippen LogP contribution < -0.4 is 4.74 Å². The van der Waals surface area contributed by atoms with Gasteiger partial charge < -0.3 is 9.53 Å². The maximum atomic E-state index is 10.8. The minimum absolute atomic E-state index is 0.236. The highest BCUT2D eigenvalue weighted by atomic mass is 32.2. The zero-order valence-corrected chi connectivity index (χ0v) is 10.7. The Balaban J connectivity index is 2.38. The summed E-state index contributed by atoms with van der Waals surface area (Å²) >= 11 is 1.77. The number of hydrogen-bond acceptors (Lipinski definition) is 3. The number of thioether (sulfide) groups is 1. The Kier molecular flexibility index (Phi) is 6.01. The minimum atomic E-state index is 0.236. The number of benzene rings is 1. The first kappa shape index (κ1) is 13.1. The van der Waals surface area contributed by atoms with E-state index in [2.05, 4.69) is 6.26 Å². The Morgan fingerprint density at radius 1 is 1.31 bits per heavy atom. The topological polar surface area (TPSA) is 26.3 Å². The van der Waals surface area contributed by atoms with Crippen molar-refractivity contribution in [2.24, 2.45) is 0 Å². The van der Waals surface area contributed by atoms with Crippen molar-refractivity contribution in [1.29, 1.82) is 0 Å². The van der Waals surface area contributed by atoms with Gasteiger partial charge in [0, 0.05) is 12.2 Å². The first-order chi connectivity index (χ1) is 7.72. The molecule has 0 aromatic heterocycles. The molecule has 88 valence electrons. The number of hydrogen-bond donors (Lipinski definition) is 0. The molecule has 0 bridgehead atoms. The fraction of sp³-hybridized carbons (Fsp3) is 0.462. The second-order valence-electron chi connectivity index (χ2n) is 3.69. The van der Waals surface area contributed by atoms with Crippen LogP contribution in [0.5, 0.6) is 5.75 Å². The molecule has 0 amide bonds. The summed E-state index contributed by atoms with van der Waals surface area (Å²) in [5.74, 6) is 2.15. The molecule has 0 aliphatic heterocycles. The highest BCUT2D eigenvalue weighted by molar-refractivity contribution is 7.98. The number of rotatable bonds is 7. The van der Waals surface area contributed by atoms with Crippen LogP contribution in [-0.2, 0) is 11.2 Å². The third-order valence-electron chi connectivity index (χ3n) is 2.25. The number of aryl methyl sites for hydroxylation is 1. The Morgan fingerprint density at radius 3 is 2.56 bits per heavy atom. The molecule has 1 aromatic carbocycles. The Morgan fingerprint density at radius 2 is 2.00 bits per heavy atom. The van der Waals surface area contributed by atoms with E-state index in [-0.39, 0.29) is 5.78 Å². The fourth-order valence-electron chi connectivity index (χ4n) is 1.32. The Bertz CT molecular complexity index is 319. The molecule has 0 heterocycles. The second kappa shape index (κ2) is 7.34. The predicted molar refractivity (Wildman–Crippen MR) is 69.3 cm³/mol. The van der Waals surface area contributed by atoms with Gasteiger partial charge in [0.1, 0.15) is 11.5 Å². The van der Waals surface area contributed by atoms with Crippen LogP contribution in [0.25, 0.3) is 0 Å². The van der Waals surface area contributed by atoms with Gasteiger partial charge in [0.15, 0.2) is 0 Å². The van der Waals surface area contributed by atoms with Crippen LogP contribution in [0, 0.1) is 0 Å². The molecular weight excluding hydrogens is 220 g/mol. The van der Waals surface area contributed by atoms with Crippen LogP contribution in [0.4, 0.5) is 0 Å². The first-order valence-electron chi connectivity index (χ1n) is 5.42. The molecule has 2 nitrogen and oxygen atoms in total. The molecule has 1 aromatic rings. The normalized spacial score (nSPS) is 10.1. The zero-order valence-electron chi connectivity index (χ0n) is 9.86. The Labute approximate surface area is 101 Å². The van der Waals surface area contributed by atoms with Gasteiger partial charge in [0.25, 0.3) is 0 Å². The van der Waals surface area contributed by atoms with Crippen molar-refractivity contribution in [3.8, 4) is 5.75 Å². The molecule has 0 radical (unpaired) electrons. The molecule has 0 unspecified atom stereocenters. The third-order valence-corrected chi connectivity index (χ3v) is 2.82. The van der Waals surface area contributed by atoms with Gasteiger partial charge in [-0.1, -0.05) is 12.1 Å². The van der Waals surface area contributed by atoms with Gasteiger partial charge in [-0.05, 0) is 37.3 Å². The lowest BCUT2D eigenvalue weighted by atomic mass is 10.1. The predicted octanol–water partition coefficient (Wildman–Crippen LogP) is 2.95. The van der Waals surface area contributed by atoms with E-state index in [0.29, 0.717) is 6.42 Å². The van der Waals surface area contributed by atoms with Crippen LogP contribution in [0.1, 0.15) is 18.9 Å². The van der Waals surface area contributed by atoms with Gasteiger partial charge in [-0.15, -0.1) is 0 Å². The third kappa shape index (κ3) is 5.21. The van der Waals surface area contributed by atoms with E-state index < -0.39 is 0 Å². The molecule has 0 fully saturated rings. The van der Waals surface area contributed by atoms with Crippen molar-refractivity contribution in [3.05, 3.63) is 29.8 Å². The van der Waals surface area contributed by atoms with E-state index in [4.69, 9.17) is 4.74 Å². The molecule has 0 saturated heterocycles. The van der Waals surface area contributed by atoms with Crippen molar-refractivity contribution in [2.45, 2.75) is 19.8 Å². The zero-order chi connectivity index (χ0) is 11.8. The summed E-state index contributed by atoms with van der Waals surface area (Å²) in [4.78, 5) is 10.8. The molecule has 0 atom stereocenters. The molecule has 0 N–H and O–H groups in total. The van der Waals surface area contributed by atoms with E-state index >= 15 is 0 Å². The maximum absolute atomic E-state index is 10.8. The average molecular weight is 238 g/mol. The standard InChI is InChI=1S/C13H18O2S/c1-11(14)3-4-12-5-7-13(8-6-12)15-9-10-16-2/h5-8H,3-4,9-10H2,1-2H3. The number of ketones is 1. The van der Waals surface area contributed by atoms with Crippen molar-refractivity contribution in [1.82, 2.24) is 0 Å². The van der Waals surface area contributed by atoms with Crippen molar-refractivity contribution in [2.75, 3.05) is 18.6 Å². The monoisotopic (exact) mass is 238 g/mol. The molecule has 0 aliphatic carbocycles. The van der Waals surface area contributed by atoms with E-state index in [1.165, 1.54) is 5.56 Å². The van der Waals surface area contributed by atoms with E-state index in [1.54, 1.807) is 18.7 Å². The van der Waals surface area contributed by atoms with E-state index in [1.807, 2.05) is 24.3 Å². The number of carbonyl (C=O) groups is 1. The van der Waals surface area contributed by atoms with Gasteiger partial charge in [-0.3, -0.25) is 0 Å². The Hall–Kier alpha value is -0.960. The number of ether oxygens (including phenoxy) is 1. The quantitative estimate of drug-likeness (QED) is 0.683. The molecular formula is C13H18O2S. The van der Waals surface area contributed by atoms with E-state index in [0.717, 1.165) is 24.5 Å². The lowest BCUT2D eigenvalue weighted by Gasteiger charge is -2.05.